The fourth-order valence-corrected chi connectivity index (χ4v) is 12.5. The summed E-state index contributed by atoms with van der Waals surface area (Å²) >= 11 is 0. The van der Waals surface area contributed by atoms with Crippen molar-refractivity contribution in [3.63, 3.8) is 0 Å². The predicted octanol–water partition coefficient (Wildman–Crippen LogP) is 20.1. The molecule has 0 radical (unpaired) electrons. The van der Waals surface area contributed by atoms with Gasteiger partial charge in [0.1, 0.15) is 17.3 Å². The van der Waals surface area contributed by atoms with Gasteiger partial charge >= 0.3 is 0 Å². The maximum atomic E-state index is 12.0. The summed E-state index contributed by atoms with van der Waals surface area (Å²) < 4.78 is 12.3. The number of nitriles is 1. The van der Waals surface area contributed by atoms with E-state index in [0.29, 0.717) is 33.9 Å². The molecule has 0 aliphatic carbocycles. The van der Waals surface area contributed by atoms with E-state index in [2.05, 4.69) is 246 Å². The van der Waals surface area contributed by atoms with Gasteiger partial charge in [-0.1, -0.05) is 218 Å². The van der Waals surface area contributed by atoms with Gasteiger partial charge in [0.05, 0.1) is 44.7 Å². The fourth-order valence-electron chi connectivity index (χ4n) is 12.5. The number of aromatic nitrogens is 4. The predicted molar refractivity (Wildman–Crippen MR) is 341 cm³/mol. The number of hydrogen-bond donors (Lipinski definition) is 0. The molecule has 83 heavy (non-hydrogen) atoms. The van der Waals surface area contributed by atoms with Crippen molar-refractivity contribution in [3.8, 4) is 95.9 Å². The highest BCUT2D eigenvalue weighted by molar-refractivity contribution is 6.19. The second-order valence-corrected chi connectivity index (χ2v) is 21.2. The Hall–Kier alpha value is -11.4. The van der Waals surface area contributed by atoms with Gasteiger partial charge in [-0.3, -0.25) is 0 Å². The van der Waals surface area contributed by atoms with Crippen molar-refractivity contribution in [2.75, 3.05) is 0 Å². The first-order valence-corrected chi connectivity index (χ1v) is 27.9. The molecule has 6 heteroatoms. The molecule has 386 valence electrons. The van der Waals surface area contributed by atoms with Crippen LogP contribution in [-0.2, 0) is 0 Å². The summed E-state index contributed by atoms with van der Waals surface area (Å²) in [6.07, 6.45) is 0. The van der Waals surface area contributed by atoms with Crippen LogP contribution in [-0.4, -0.2) is 19.1 Å². The van der Waals surface area contributed by atoms with E-state index in [1.165, 1.54) is 0 Å². The molecular formula is C77H47N5O. The SMILES string of the molecule is N#Cc1cc2c(oc3c(-c4cc(-c5ccccc5)nc(-c5ccccc5)n4)cccc32)c(-n2c3ccc(-c4ccccc4)cc3c3cc(-c4ccccc4)ccc32)c1-n1c2ccc(-c3ccccc3)cc2c2cc(-c3ccccc3)ccc21. The minimum Gasteiger partial charge on any atom is -0.453 e. The van der Waals surface area contributed by atoms with Crippen LogP contribution in [0.2, 0.25) is 0 Å². The van der Waals surface area contributed by atoms with Crippen molar-refractivity contribution >= 4 is 65.6 Å². The van der Waals surface area contributed by atoms with Crippen molar-refractivity contribution in [2.45, 2.75) is 0 Å². The van der Waals surface area contributed by atoms with E-state index in [1.807, 2.05) is 54.6 Å². The average Bonchev–Trinajstić information content (AvgIpc) is 3.07. The van der Waals surface area contributed by atoms with Crippen LogP contribution in [0.25, 0.3) is 155 Å². The summed E-state index contributed by atoms with van der Waals surface area (Å²) in [7, 11) is 0. The van der Waals surface area contributed by atoms with Crippen molar-refractivity contribution in [2.24, 2.45) is 0 Å². The third-order valence-corrected chi connectivity index (χ3v) is 16.4. The number of nitrogens with zero attached hydrogens (tertiary/aromatic N) is 5. The molecule has 4 heterocycles. The molecular weight excluding hydrogens is 1010 g/mol. The Bertz CT molecular complexity index is 4980. The summed E-state index contributed by atoms with van der Waals surface area (Å²) in [5.74, 6) is 0.608. The highest BCUT2D eigenvalue weighted by Gasteiger charge is 2.29. The van der Waals surface area contributed by atoms with Crippen LogP contribution in [0.3, 0.4) is 0 Å². The van der Waals surface area contributed by atoms with Gasteiger partial charge in [-0.15, -0.1) is 0 Å². The summed E-state index contributed by atoms with van der Waals surface area (Å²) in [5.41, 5.74) is 20.2. The molecule has 16 rings (SSSR count). The first-order chi connectivity index (χ1) is 41.1. The summed E-state index contributed by atoms with van der Waals surface area (Å²) in [5, 5.41) is 17.9. The van der Waals surface area contributed by atoms with E-state index in [1.54, 1.807) is 0 Å². The standard InChI is InChI=1S/C77H47N5O/c78-48-59-46-66-60-32-19-33-61(68-47-67(53-28-15-5-16-29-53)79-77(80-68)54-30-17-6-18-31-54)75(60)83-76(66)74(82-71-40-36-57(51-24-11-3-12-25-51)44-64(71)65-45-58(37-41-72(65)82)52-26-13-4-14-27-52)73(59)81-69-38-34-55(49-20-7-1-8-21-49)42-62(69)63-43-56(35-39-70(63)81)50-22-9-2-10-23-50/h1-47H. The molecule has 6 nitrogen and oxygen atoms in total. The summed E-state index contributed by atoms with van der Waals surface area (Å²) in [6, 6.07) is 103. The normalized spacial score (nSPS) is 11.6. The first kappa shape index (κ1) is 47.6. The Balaban J connectivity index is 1.05. The molecule has 0 aliphatic heterocycles. The van der Waals surface area contributed by atoms with E-state index in [9.17, 15) is 5.26 Å². The van der Waals surface area contributed by atoms with E-state index in [-0.39, 0.29) is 0 Å². The monoisotopic (exact) mass is 1060 g/mol. The van der Waals surface area contributed by atoms with E-state index in [4.69, 9.17) is 14.4 Å². The van der Waals surface area contributed by atoms with Crippen molar-refractivity contribution in [1.29, 1.82) is 5.26 Å². The lowest BCUT2D eigenvalue weighted by molar-refractivity contribution is 0.666. The molecule has 0 unspecified atom stereocenters. The molecule has 0 aliphatic rings. The average molecular weight is 1060 g/mol. The van der Waals surface area contributed by atoms with Gasteiger partial charge < -0.3 is 13.6 Å². The number of para-hydroxylation sites is 1. The van der Waals surface area contributed by atoms with Gasteiger partial charge in [0.15, 0.2) is 11.4 Å². The molecule has 12 aromatic carbocycles. The zero-order valence-electron chi connectivity index (χ0n) is 44.8. The van der Waals surface area contributed by atoms with Crippen LogP contribution in [0, 0.1) is 11.3 Å². The van der Waals surface area contributed by atoms with E-state index >= 15 is 0 Å². The molecule has 16 aromatic rings. The lowest BCUT2D eigenvalue weighted by atomic mass is 10.0. The zero-order chi connectivity index (χ0) is 55.0. The third-order valence-electron chi connectivity index (χ3n) is 16.4. The second-order valence-electron chi connectivity index (χ2n) is 21.2. The number of hydrogen-bond acceptors (Lipinski definition) is 4. The highest BCUT2D eigenvalue weighted by atomic mass is 16.3. The molecule has 0 bridgehead atoms. The molecule has 0 atom stereocenters. The second kappa shape index (κ2) is 19.5. The third kappa shape index (κ3) is 7.94. The molecule has 0 N–H and O–H groups in total. The number of benzene rings is 12. The molecule has 4 aromatic heterocycles. The minimum atomic E-state index is 0.496. The Labute approximate surface area is 478 Å². The molecule has 0 saturated carbocycles. The smallest absolute Gasteiger partial charge is 0.161 e. The van der Waals surface area contributed by atoms with E-state index in [0.717, 1.165) is 127 Å². The van der Waals surface area contributed by atoms with Crippen LogP contribution in [0.5, 0.6) is 0 Å². The van der Waals surface area contributed by atoms with Crippen LogP contribution in [0.15, 0.2) is 290 Å². The van der Waals surface area contributed by atoms with E-state index < -0.39 is 0 Å². The maximum absolute atomic E-state index is 12.0. The lowest BCUT2D eigenvalue weighted by Gasteiger charge is -2.19. The molecule has 0 amide bonds. The van der Waals surface area contributed by atoms with Gasteiger partial charge in [-0.05, 0) is 111 Å². The lowest BCUT2D eigenvalue weighted by Crippen LogP contribution is -2.07. The molecule has 0 saturated heterocycles. The van der Waals surface area contributed by atoms with Crippen LogP contribution >= 0.6 is 0 Å². The summed E-state index contributed by atoms with van der Waals surface area (Å²) in [6.45, 7) is 0. The van der Waals surface area contributed by atoms with Gasteiger partial charge in [-0.25, -0.2) is 9.97 Å². The van der Waals surface area contributed by atoms with Crippen molar-refractivity contribution in [1.82, 2.24) is 19.1 Å². The Kier molecular flexibility index (Phi) is 11.2. The first-order valence-electron chi connectivity index (χ1n) is 27.9. The largest absolute Gasteiger partial charge is 0.453 e. The van der Waals surface area contributed by atoms with Gasteiger partial charge in [0.25, 0.3) is 0 Å². The van der Waals surface area contributed by atoms with Crippen LogP contribution < -0.4 is 0 Å². The zero-order valence-corrected chi connectivity index (χ0v) is 44.8. The topological polar surface area (TPSA) is 72.6 Å². The number of rotatable bonds is 9. The van der Waals surface area contributed by atoms with Gasteiger partial charge in [0.2, 0.25) is 0 Å². The molecule has 0 spiro atoms. The fraction of sp³-hybridized carbons (Fsp3) is 0. The Morgan fingerprint density at radius 1 is 0.289 bits per heavy atom. The maximum Gasteiger partial charge on any atom is 0.161 e. The van der Waals surface area contributed by atoms with Crippen LogP contribution in [0.4, 0.5) is 0 Å². The van der Waals surface area contributed by atoms with Gasteiger partial charge in [0, 0.05) is 49.0 Å². The Morgan fingerprint density at radius 2 is 0.675 bits per heavy atom. The van der Waals surface area contributed by atoms with Crippen molar-refractivity contribution < 1.29 is 4.42 Å². The summed E-state index contributed by atoms with van der Waals surface area (Å²) in [4.78, 5) is 10.5. The number of fused-ring (bicyclic) bond motifs is 9. The van der Waals surface area contributed by atoms with Crippen molar-refractivity contribution in [3.05, 3.63) is 291 Å². The highest BCUT2D eigenvalue weighted by Crippen LogP contribution is 2.48. The van der Waals surface area contributed by atoms with Gasteiger partial charge in [-0.2, -0.15) is 5.26 Å². The molecule has 0 fully saturated rings. The van der Waals surface area contributed by atoms with Crippen LogP contribution in [0.1, 0.15) is 5.56 Å². The number of furan rings is 1. The quantitative estimate of drug-likeness (QED) is 0.144. The minimum absolute atomic E-state index is 0.496. The Morgan fingerprint density at radius 3 is 1.10 bits per heavy atom.